The summed E-state index contributed by atoms with van der Waals surface area (Å²) in [5.41, 5.74) is 4.80. The zero-order chi connectivity index (χ0) is 20.8. The highest BCUT2D eigenvalue weighted by atomic mass is 32.2. The van der Waals surface area contributed by atoms with Gasteiger partial charge < -0.3 is 4.90 Å². The monoisotopic (exact) mass is 426 g/mol. The molecular formula is C22H22N2O3S2. The van der Waals surface area contributed by atoms with Gasteiger partial charge in [-0.15, -0.1) is 11.3 Å². The van der Waals surface area contributed by atoms with E-state index in [0.29, 0.717) is 28.4 Å². The van der Waals surface area contributed by atoms with Gasteiger partial charge in [0.25, 0.3) is 15.9 Å². The van der Waals surface area contributed by atoms with Crippen molar-refractivity contribution in [2.75, 3.05) is 16.2 Å². The van der Waals surface area contributed by atoms with E-state index in [-0.39, 0.29) is 5.91 Å². The van der Waals surface area contributed by atoms with Gasteiger partial charge in [-0.2, -0.15) is 0 Å². The Kier molecular flexibility index (Phi) is 4.96. The van der Waals surface area contributed by atoms with Gasteiger partial charge in [-0.25, -0.2) is 8.42 Å². The van der Waals surface area contributed by atoms with Gasteiger partial charge >= 0.3 is 0 Å². The third-order valence-electron chi connectivity index (χ3n) is 5.08. The molecule has 0 radical (unpaired) electrons. The van der Waals surface area contributed by atoms with Crippen molar-refractivity contribution >= 4 is 38.6 Å². The number of hydrogen-bond donors (Lipinski definition) is 1. The zero-order valence-corrected chi connectivity index (χ0v) is 18.2. The summed E-state index contributed by atoms with van der Waals surface area (Å²) in [6.07, 6.45) is 0.699. The molecule has 1 amide bonds. The highest BCUT2D eigenvalue weighted by molar-refractivity contribution is 7.92. The van der Waals surface area contributed by atoms with Crippen LogP contribution in [0.1, 0.15) is 31.9 Å². The van der Waals surface area contributed by atoms with Gasteiger partial charge in [0.15, 0.2) is 0 Å². The Labute approximate surface area is 175 Å². The van der Waals surface area contributed by atoms with Crippen LogP contribution in [0.2, 0.25) is 0 Å². The maximum Gasteiger partial charge on any atom is 0.268 e. The molecule has 0 atom stereocenters. The Morgan fingerprint density at radius 2 is 1.79 bits per heavy atom. The largest absolute Gasteiger partial charge is 0.307 e. The summed E-state index contributed by atoms with van der Waals surface area (Å²) in [4.78, 5) is 15.5. The SMILES string of the molecule is Cc1cc(C)c(S(=O)(=O)Nc2ccc3c(c2)CCN3C(=O)c2cccs2)c(C)c1. The Hall–Kier alpha value is -2.64. The number of anilines is 2. The van der Waals surface area contributed by atoms with Crippen LogP contribution < -0.4 is 9.62 Å². The first-order valence-corrected chi connectivity index (χ1v) is 11.7. The van der Waals surface area contributed by atoms with Gasteiger partial charge in [-0.1, -0.05) is 23.8 Å². The van der Waals surface area contributed by atoms with Gasteiger partial charge in [0.05, 0.1) is 9.77 Å². The molecule has 29 heavy (non-hydrogen) atoms. The molecule has 1 aliphatic heterocycles. The third-order valence-corrected chi connectivity index (χ3v) is 7.62. The molecular weight excluding hydrogens is 404 g/mol. The van der Waals surface area contributed by atoms with Crippen LogP contribution in [0.25, 0.3) is 0 Å². The standard InChI is InChI=1S/C22H22N2O3S2/c1-14-11-15(2)21(16(3)12-14)29(26,27)23-18-6-7-19-17(13-18)8-9-24(19)22(25)20-5-4-10-28-20/h4-7,10-13,23H,8-9H2,1-3H3. The molecule has 0 bridgehead atoms. The summed E-state index contributed by atoms with van der Waals surface area (Å²) in [5, 5.41) is 1.89. The second-order valence-electron chi connectivity index (χ2n) is 7.36. The van der Waals surface area contributed by atoms with Crippen LogP contribution in [0.3, 0.4) is 0 Å². The van der Waals surface area contributed by atoms with E-state index in [0.717, 1.165) is 27.9 Å². The van der Waals surface area contributed by atoms with Crippen LogP contribution >= 0.6 is 11.3 Å². The van der Waals surface area contributed by atoms with Crippen molar-refractivity contribution in [2.45, 2.75) is 32.1 Å². The molecule has 0 spiro atoms. The molecule has 3 aromatic rings. The van der Waals surface area contributed by atoms with E-state index < -0.39 is 10.0 Å². The van der Waals surface area contributed by atoms with Crippen LogP contribution in [0.15, 0.2) is 52.7 Å². The quantitative estimate of drug-likeness (QED) is 0.659. The number of hydrogen-bond acceptors (Lipinski definition) is 4. The number of carbonyl (C=O) groups excluding carboxylic acids is 1. The van der Waals surface area contributed by atoms with Gasteiger partial charge in [-0.05, 0) is 73.5 Å². The summed E-state index contributed by atoms with van der Waals surface area (Å²) in [6.45, 7) is 6.17. The molecule has 1 N–H and O–H groups in total. The van der Waals surface area contributed by atoms with Crippen LogP contribution in [-0.2, 0) is 16.4 Å². The fraction of sp³-hybridized carbons (Fsp3) is 0.227. The second kappa shape index (κ2) is 7.31. The number of nitrogens with zero attached hydrogens (tertiary/aromatic N) is 1. The van der Waals surface area contributed by atoms with E-state index in [1.165, 1.54) is 11.3 Å². The molecule has 0 unspecified atom stereocenters. The molecule has 0 saturated heterocycles. The lowest BCUT2D eigenvalue weighted by Crippen LogP contribution is -2.28. The number of sulfonamides is 1. The summed E-state index contributed by atoms with van der Waals surface area (Å²) in [6, 6.07) is 12.8. The molecule has 1 aliphatic rings. The van der Waals surface area contributed by atoms with Crippen LogP contribution in [0.4, 0.5) is 11.4 Å². The highest BCUT2D eigenvalue weighted by Crippen LogP contribution is 2.33. The van der Waals surface area contributed by atoms with Crippen LogP contribution in [-0.4, -0.2) is 20.9 Å². The molecule has 5 nitrogen and oxygen atoms in total. The minimum absolute atomic E-state index is 0.0158. The molecule has 4 rings (SSSR count). The van der Waals surface area contributed by atoms with E-state index in [1.54, 1.807) is 11.0 Å². The number of fused-ring (bicyclic) bond motifs is 1. The molecule has 7 heteroatoms. The molecule has 2 heterocycles. The lowest BCUT2D eigenvalue weighted by molar-refractivity contribution is 0.0993. The first-order chi connectivity index (χ1) is 13.8. The van der Waals surface area contributed by atoms with Crippen molar-refractivity contribution in [3.63, 3.8) is 0 Å². The van der Waals surface area contributed by atoms with E-state index >= 15 is 0 Å². The maximum absolute atomic E-state index is 13.0. The predicted octanol–water partition coefficient (Wildman–Crippen LogP) is 4.68. The van der Waals surface area contributed by atoms with Gasteiger partial charge in [0.2, 0.25) is 0 Å². The normalized spacial score (nSPS) is 13.4. The van der Waals surface area contributed by atoms with E-state index in [4.69, 9.17) is 0 Å². The molecule has 150 valence electrons. The van der Waals surface area contributed by atoms with Crippen LogP contribution in [0, 0.1) is 20.8 Å². The Balaban J connectivity index is 1.62. The summed E-state index contributed by atoms with van der Waals surface area (Å²) in [5.74, 6) is -0.0158. The first kappa shape index (κ1) is 19.7. The first-order valence-electron chi connectivity index (χ1n) is 9.35. The lowest BCUT2D eigenvalue weighted by Gasteiger charge is -2.17. The highest BCUT2D eigenvalue weighted by Gasteiger charge is 2.27. The van der Waals surface area contributed by atoms with Gasteiger partial charge in [0, 0.05) is 17.9 Å². The predicted molar refractivity (Wildman–Crippen MR) is 118 cm³/mol. The average Bonchev–Trinajstić information content (AvgIpc) is 3.29. The van der Waals surface area contributed by atoms with Crippen molar-refractivity contribution in [3.05, 3.63) is 75.0 Å². The fourth-order valence-electron chi connectivity index (χ4n) is 4.01. The number of carbonyl (C=O) groups is 1. The molecule has 0 fully saturated rings. The van der Waals surface area contributed by atoms with Crippen molar-refractivity contribution in [3.8, 4) is 0 Å². The summed E-state index contributed by atoms with van der Waals surface area (Å²) >= 11 is 1.42. The number of nitrogens with one attached hydrogen (secondary N) is 1. The van der Waals surface area contributed by atoms with Crippen molar-refractivity contribution < 1.29 is 13.2 Å². The number of thiophene rings is 1. The van der Waals surface area contributed by atoms with Crippen LogP contribution in [0.5, 0.6) is 0 Å². The average molecular weight is 427 g/mol. The molecule has 1 aromatic heterocycles. The lowest BCUT2D eigenvalue weighted by atomic mass is 10.1. The number of rotatable bonds is 4. The Bertz CT molecular complexity index is 1180. The molecule has 0 aliphatic carbocycles. The Morgan fingerprint density at radius 3 is 2.45 bits per heavy atom. The Morgan fingerprint density at radius 1 is 1.07 bits per heavy atom. The topological polar surface area (TPSA) is 66.5 Å². The van der Waals surface area contributed by atoms with Crippen molar-refractivity contribution in [1.29, 1.82) is 0 Å². The molecule has 2 aromatic carbocycles. The van der Waals surface area contributed by atoms with Gasteiger partial charge in [-0.3, -0.25) is 9.52 Å². The van der Waals surface area contributed by atoms with Crippen molar-refractivity contribution in [2.24, 2.45) is 0 Å². The number of benzene rings is 2. The van der Waals surface area contributed by atoms with Gasteiger partial charge in [0.1, 0.15) is 0 Å². The fourth-order valence-corrected chi connectivity index (χ4v) is 6.18. The minimum Gasteiger partial charge on any atom is -0.307 e. The van der Waals surface area contributed by atoms with E-state index in [2.05, 4.69) is 4.72 Å². The summed E-state index contributed by atoms with van der Waals surface area (Å²) < 4.78 is 28.7. The molecule has 0 saturated carbocycles. The smallest absolute Gasteiger partial charge is 0.268 e. The summed E-state index contributed by atoms with van der Waals surface area (Å²) in [7, 11) is -3.70. The number of amides is 1. The van der Waals surface area contributed by atoms with Crippen molar-refractivity contribution in [1.82, 2.24) is 0 Å². The minimum atomic E-state index is -3.70. The number of aryl methyl sites for hydroxylation is 3. The van der Waals surface area contributed by atoms with E-state index in [9.17, 15) is 13.2 Å². The maximum atomic E-state index is 13.0. The van der Waals surface area contributed by atoms with E-state index in [1.807, 2.05) is 62.5 Å². The second-order valence-corrected chi connectivity index (χ2v) is 9.93. The third kappa shape index (κ3) is 3.68. The zero-order valence-electron chi connectivity index (χ0n) is 16.5.